The van der Waals surface area contributed by atoms with Gasteiger partial charge in [0.1, 0.15) is 6.04 Å². The third-order valence-electron chi connectivity index (χ3n) is 1.85. The lowest BCUT2D eigenvalue weighted by Gasteiger charge is -2.20. The van der Waals surface area contributed by atoms with Crippen LogP contribution in [0.5, 0.6) is 0 Å². The molecular formula is C6H11ClF3NO. The van der Waals surface area contributed by atoms with E-state index in [2.05, 4.69) is 0 Å². The van der Waals surface area contributed by atoms with E-state index in [0.717, 1.165) is 0 Å². The number of alkyl halides is 3. The van der Waals surface area contributed by atoms with Gasteiger partial charge in [-0.05, 0) is 6.42 Å². The average molecular weight is 206 g/mol. The Morgan fingerprint density at radius 3 is 2.33 bits per heavy atom. The van der Waals surface area contributed by atoms with Gasteiger partial charge in [-0.25, -0.2) is 0 Å². The van der Waals surface area contributed by atoms with Gasteiger partial charge in [0.05, 0.1) is 6.61 Å². The van der Waals surface area contributed by atoms with Crippen molar-refractivity contribution in [3.63, 3.8) is 0 Å². The minimum atomic E-state index is -4.28. The maximum Gasteiger partial charge on any atom is 0.403 e. The van der Waals surface area contributed by atoms with E-state index in [1.165, 1.54) is 0 Å². The highest BCUT2D eigenvalue weighted by atomic mass is 35.5. The third-order valence-corrected chi connectivity index (χ3v) is 1.85. The SMILES string of the molecule is Cl.NC(C1CCOC1)C(F)(F)F. The molecule has 2 nitrogen and oxygen atoms in total. The summed E-state index contributed by atoms with van der Waals surface area (Å²) < 4.78 is 40.6. The lowest BCUT2D eigenvalue weighted by atomic mass is 10.00. The quantitative estimate of drug-likeness (QED) is 0.701. The molecule has 6 heteroatoms. The minimum Gasteiger partial charge on any atom is -0.381 e. The van der Waals surface area contributed by atoms with Crippen LogP contribution in [0.2, 0.25) is 0 Å². The largest absolute Gasteiger partial charge is 0.403 e. The first-order valence-corrected chi connectivity index (χ1v) is 3.42. The molecule has 0 aliphatic carbocycles. The molecule has 1 rings (SSSR count). The Morgan fingerprint density at radius 1 is 1.42 bits per heavy atom. The highest BCUT2D eigenvalue weighted by Gasteiger charge is 2.42. The second kappa shape index (κ2) is 4.30. The van der Waals surface area contributed by atoms with E-state index < -0.39 is 18.1 Å². The van der Waals surface area contributed by atoms with Gasteiger partial charge in [-0.15, -0.1) is 12.4 Å². The molecule has 1 heterocycles. The molecule has 0 amide bonds. The van der Waals surface area contributed by atoms with Crippen molar-refractivity contribution in [3.8, 4) is 0 Å². The summed E-state index contributed by atoms with van der Waals surface area (Å²) in [6.07, 6.45) is -3.86. The standard InChI is InChI=1S/C6H10F3NO.ClH/c7-6(8,9)5(10)4-1-2-11-3-4;/h4-5H,1-3,10H2;1H. The highest BCUT2D eigenvalue weighted by Crippen LogP contribution is 2.28. The van der Waals surface area contributed by atoms with Crippen LogP contribution < -0.4 is 5.73 Å². The minimum absolute atomic E-state index is 0. The van der Waals surface area contributed by atoms with E-state index in [9.17, 15) is 13.2 Å². The first kappa shape index (κ1) is 12.0. The molecule has 2 unspecified atom stereocenters. The van der Waals surface area contributed by atoms with Crippen molar-refractivity contribution >= 4 is 12.4 Å². The molecule has 0 aromatic heterocycles. The molecule has 0 spiro atoms. The van der Waals surface area contributed by atoms with E-state index in [1.807, 2.05) is 0 Å². The van der Waals surface area contributed by atoms with Crippen LogP contribution in [0.1, 0.15) is 6.42 Å². The molecule has 2 N–H and O–H groups in total. The van der Waals surface area contributed by atoms with Gasteiger partial charge in [0.15, 0.2) is 0 Å². The van der Waals surface area contributed by atoms with Gasteiger partial charge >= 0.3 is 6.18 Å². The lowest BCUT2D eigenvalue weighted by Crippen LogP contribution is -2.43. The molecule has 0 aromatic carbocycles. The zero-order chi connectivity index (χ0) is 8.48. The summed E-state index contributed by atoms with van der Waals surface area (Å²) in [4.78, 5) is 0. The summed E-state index contributed by atoms with van der Waals surface area (Å²) in [5, 5.41) is 0. The number of hydrogen-bond donors (Lipinski definition) is 1. The van der Waals surface area contributed by atoms with E-state index in [1.54, 1.807) is 0 Å². The van der Waals surface area contributed by atoms with Gasteiger partial charge < -0.3 is 10.5 Å². The number of hydrogen-bond acceptors (Lipinski definition) is 2. The predicted molar refractivity (Wildman–Crippen MR) is 40.2 cm³/mol. The first-order valence-electron chi connectivity index (χ1n) is 3.42. The summed E-state index contributed by atoms with van der Waals surface area (Å²) >= 11 is 0. The fraction of sp³-hybridized carbons (Fsp3) is 1.00. The molecule has 1 fully saturated rings. The summed E-state index contributed by atoms with van der Waals surface area (Å²) in [5.41, 5.74) is 4.95. The zero-order valence-corrected chi connectivity index (χ0v) is 7.12. The molecule has 1 aliphatic rings. The molecule has 2 atom stereocenters. The predicted octanol–water partition coefficient (Wildman–Crippen LogP) is 1.33. The van der Waals surface area contributed by atoms with Gasteiger partial charge in [-0.2, -0.15) is 13.2 Å². The molecule has 0 radical (unpaired) electrons. The van der Waals surface area contributed by atoms with Gasteiger partial charge in [-0.1, -0.05) is 0 Å². The van der Waals surface area contributed by atoms with Crippen LogP contribution in [-0.4, -0.2) is 25.4 Å². The van der Waals surface area contributed by atoms with Crippen molar-refractivity contribution in [1.29, 1.82) is 0 Å². The van der Waals surface area contributed by atoms with E-state index in [-0.39, 0.29) is 19.0 Å². The Kier molecular flexibility index (Phi) is 4.30. The van der Waals surface area contributed by atoms with Gasteiger partial charge in [0.2, 0.25) is 0 Å². The van der Waals surface area contributed by atoms with Crippen molar-refractivity contribution in [3.05, 3.63) is 0 Å². The third kappa shape index (κ3) is 2.80. The van der Waals surface area contributed by atoms with Gasteiger partial charge in [-0.3, -0.25) is 0 Å². The fourth-order valence-electron chi connectivity index (χ4n) is 1.10. The Labute approximate surface area is 74.7 Å². The molecule has 0 aromatic rings. The molecule has 1 saturated heterocycles. The van der Waals surface area contributed by atoms with Crippen molar-refractivity contribution in [2.45, 2.75) is 18.6 Å². The number of halogens is 4. The maximum atomic E-state index is 11.9. The normalized spacial score (nSPS) is 26.5. The first-order chi connectivity index (χ1) is 5.02. The van der Waals surface area contributed by atoms with Crippen molar-refractivity contribution in [1.82, 2.24) is 0 Å². The monoisotopic (exact) mass is 205 g/mol. The molecular weight excluding hydrogens is 195 g/mol. The van der Waals surface area contributed by atoms with Crippen LogP contribution in [0, 0.1) is 5.92 Å². The van der Waals surface area contributed by atoms with Crippen LogP contribution in [-0.2, 0) is 4.74 Å². The Morgan fingerprint density at radius 2 is 2.00 bits per heavy atom. The summed E-state index contributed by atoms with van der Waals surface area (Å²) in [5.74, 6) is -0.546. The van der Waals surface area contributed by atoms with Gasteiger partial charge in [0, 0.05) is 12.5 Å². The smallest absolute Gasteiger partial charge is 0.381 e. The van der Waals surface area contributed by atoms with Gasteiger partial charge in [0.25, 0.3) is 0 Å². The maximum absolute atomic E-state index is 11.9. The summed E-state index contributed by atoms with van der Waals surface area (Å²) in [6, 6.07) is -1.72. The second-order valence-electron chi connectivity index (χ2n) is 2.69. The van der Waals surface area contributed by atoms with E-state index in [0.29, 0.717) is 13.0 Å². The van der Waals surface area contributed by atoms with Crippen LogP contribution >= 0.6 is 12.4 Å². The van der Waals surface area contributed by atoms with Crippen molar-refractivity contribution < 1.29 is 17.9 Å². The van der Waals surface area contributed by atoms with Crippen molar-refractivity contribution in [2.24, 2.45) is 11.7 Å². The van der Waals surface area contributed by atoms with E-state index in [4.69, 9.17) is 10.5 Å². The molecule has 0 bridgehead atoms. The topological polar surface area (TPSA) is 35.2 Å². The Hall–Kier alpha value is -0.0000000000000000555. The Balaban J connectivity index is 0.00000121. The van der Waals surface area contributed by atoms with Crippen LogP contribution in [0.15, 0.2) is 0 Å². The van der Waals surface area contributed by atoms with Crippen LogP contribution in [0.3, 0.4) is 0 Å². The highest BCUT2D eigenvalue weighted by molar-refractivity contribution is 5.85. The molecule has 74 valence electrons. The van der Waals surface area contributed by atoms with Crippen molar-refractivity contribution in [2.75, 3.05) is 13.2 Å². The summed E-state index contributed by atoms with van der Waals surface area (Å²) in [7, 11) is 0. The van der Waals surface area contributed by atoms with E-state index >= 15 is 0 Å². The molecule has 12 heavy (non-hydrogen) atoms. The summed E-state index contributed by atoms with van der Waals surface area (Å²) in [6.45, 7) is 0.537. The van der Waals surface area contributed by atoms with Crippen LogP contribution in [0.4, 0.5) is 13.2 Å². The second-order valence-corrected chi connectivity index (χ2v) is 2.69. The number of rotatable bonds is 1. The molecule has 0 saturated carbocycles. The number of ether oxygens (including phenoxy) is 1. The average Bonchev–Trinajstić information content (AvgIpc) is 2.34. The lowest BCUT2D eigenvalue weighted by molar-refractivity contribution is -0.158. The zero-order valence-electron chi connectivity index (χ0n) is 6.30. The molecule has 1 aliphatic heterocycles. The van der Waals surface area contributed by atoms with Crippen LogP contribution in [0.25, 0.3) is 0 Å². The number of nitrogens with two attached hydrogens (primary N) is 1. The fourth-order valence-corrected chi connectivity index (χ4v) is 1.10. The Bertz CT molecular complexity index is 135.